The summed E-state index contributed by atoms with van der Waals surface area (Å²) in [5.74, 6) is -11.0. The maximum absolute atomic E-state index is 14.4. The van der Waals surface area contributed by atoms with E-state index < -0.39 is 163 Å². The molecule has 1 aromatic rings. The number of unbranched alkanes of at least 4 members (excludes halogenated alkanes) is 5. The Morgan fingerprint density at radius 3 is 1.58 bits per heavy atom. The zero-order valence-corrected chi connectivity index (χ0v) is 47.9. The van der Waals surface area contributed by atoms with Crippen molar-refractivity contribution in [3.63, 3.8) is 0 Å². The molecule has 0 aliphatic carbocycles. The van der Waals surface area contributed by atoms with E-state index in [1.54, 1.807) is 30.3 Å². The van der Waals surface area contributed by atoms with Gasteiger partial charge in [0.25, 0.3) is 0 Å². The molecule has 1 aliphatic heterocycles. The van der Waals surface area contributed by atoms with E-state index in [1.165, 1.54) is 6.92 Å². The minimum Gasteiger partial charge on any atom is -0.394 e. The van der Waals surface area contributed by atoms with E-state index in [4.69, 9.17) is 22.9 Å². The second-order valence-electron chi connectivity index (χ2n) is 20.4. The van der Waals surface area contributed by atoms with Crippen molar-refractivity contribution in [2.75, 3.05) is 39.3 Å². The molecule has 23 N–H and O–H groups in total. The summed E-state index contributed by atoms with van der Waals surface area (Å²) < 4.78 is 0. The fraction of sp³-hybridized carbons (Fsp3) is 0.679. The molecule has 1 aromatic carbocycles. The van der Waals surface area contributed by atoms with Crippen molar-refractivity contribution >= 4 is 65.0 Å². The maximum Gasteiger partial charge on any atom is 0.245 e. The fourth-order valence-electron chi connectivity index (χ4n) is 8.64. The topological polar surface area (TPSA) is 505 Å². The van der Waals surface area contributed by atoms with E-state index in [-0.39, 0.29) is 64.7 Å². The highest BCUT2D eigenvalue weighted by Gasteiger charge is 2.38. The Morgan fingerprint density at radius 2 is 1.06 bits per heavy atom. The molecule has 1 saturated heterocycles. The Kier molecular flexibility index (Phi) is 33.7. The smallest absolute Gasteiger partial charge is 0.245 e. The van der Waals surface area contributed by atoms with Gasteiger partial charge in [-0.05, 0) is 91.0 Å². The zero-order valence-electron chi connectivity index (χ0n) is 47.9. The van der Waals surface area contributed by atoms with Crippen LogP contribution >= 0.6 is 0 Å². The second kappa shape index (κ2) is 38.8. The molecule has 1 fully saturated rings. The third-order valence-electron chi connectivity index (χ3n) is 13.4. The summed E-state index contributed by atoms with van der Waals surface area (Å²) in [5.41, 5.74) is 23.7. The van der Waals surface area contributed by atoms with E-state index in [9.17, 15) is 73.2 Å². The first-order valence-electron chi connectivity index (χ1n) is 28.3. The number of rotatable bonds is 28. The molecule has 1 aliphatic rings. The molecule has 0 spiro atoms. The molecule has 468 valence electrons. The highest BCUT2D eigenvalue weighted by molar-refractivity contribution is 5.99. The quantitative estimate of drug-likeness (QED) is 0.0347. The van der Waals surface area contributed by atoms with Crippen LogP contribution in [-0.2, 0) is 59.2 Å². The molecule has 0 bridgehead atoms. The van der Waals surface area contributed by atoms with E-state index in [0.29, 0.717) is 12.0 Å². The molecule has 0 unspecified atom stereocenters. The lowest BCUT2D eigenvalue weighted by Gasteiger charge is -2.29. The predicted molar refractivity (Wildman–Crippen MR) is 302 cm³/mol. The van der Waals surface area contributed by atoms with Crippen LogP contribution in [0.2, 0.25) is 0 Å². The molecule has 13 atom stereocenters. The van der Waals surface area contributed by atoms with Crippen molar-refractivity contribution in [3.05, 3.63) is 35.9 Å². The summed E-state index contributed by atoms with van der Waals surface area (Å²) in [7, 11) is 0. The lowest BCUT2D eigenvalue weighted by Crippen LogP contribution is -2.63. The Balaban J connectivity index is 2.62. The van der Waals surface area contributed by atoms with Crippen molar-refractivity contribution in [1.29, 1.82) is 0 Å². The van der Waals surface area contributed by atoms with Crippen LogP contribution in [0.5, 0.6) is 0 Å². The van der Waals surface area contributed by atoms with Crippen molar-refractivity contribution in [2.45, 2.75) is 190 Å². The lowest BCUT2D eigenvalue weighted by molar-refractivity contribution is -0.137. The first-order chi connectivity index (χ1) is 39.5. The molecule has 30 nitrogen and oxygen atoms in total. The number of amides is 11. The van der Waals surface area contributed by atoms with Crippen molar-refractivity contribution in [1.82, 2.24) is 58.5 Å². The second-order valence-corrected chi connectivity index (χ2v) is 20.4. The molecule has 0 radical (unpaired) electrons. The van der Waals surface area contributed by atoms with Gasteiger partial charge in [-0.25, -0.2) is 0 Å². The summed E-state index contributed by atoms with van der Waals surface area (Å²) in [4.78, 5) is 152. The monoisotopic (exact) mass is 1180 g/mol. The van der Waals surface area contributed by atoms with Crippen LogP contribution in [0.25, 0.3) is 0 Å². The number of hydrogen-bond acceptors (Lipinski definition) is 19. The third kappa shape index (κ3) is 25.6. The summed E-state index contributed by atoms with van der Waals surface area (Å²) in [5, 5.41) is 69.3. The minimum atomic E-state index is -1.91. The van der Waals surface area contributed by atoms with Crippen LogP contribution in [-0.4, -0.2) is 203 Å². The summed E-state index contributed by atoms with van der Waals surface area (Å²) >= 11 is 0. The third-order valence-corrected chi connectivity index (χ3v) is 13.4. The highest BCUT2D eigenvalue weighted by atomic mass is 16.3. The standard InChI is InChI=1S/C53H91N15O15/c1-5-6-7-8-9-13-16-40(73)59-33(17-22-54)47(77)67-43(31(4)72)53(83)65-39(28-69)50(80)62-37-21-26-58-51(81)41(29(2)70)66-48(78)36(20-25-57)61-44(74)35(19-24-56)63-52(82)42(30(3)71)68-49(79)38(27-32-14-11-10-12-15-32)64-45(75)34(18-23-55)60-46(37)76/h10-12,14-15,29-31,33-39,41-43,69-72H,5-9,13,16-28,54-57H2,1-4H3,(H,58,81)(H,59,73)(H,60,76)(H,61,74)(H,62,80)(H,63,82)(H,64,75)(H,65,83)(H,66,78)(H,67,77)(H,68,79)/t29-,30-,31-,33+,34+,35+,36+,37+,38-,39-,41+,42+,43+/m1/s1. The molecular weight excluding hydrogens is 1090 g/mol. The fourth-order valence-corrected chi connectivity index (χ4v) is 8.64. The normalized spacial score (nSPS) is 23.1. The van der Waals surface area contributed by atoms with Gasteiger partial charge in [-0.3, -0.25) is 52.7 Å². The number of hydrogen-bond donors (Lipinski definition) is 19. The minimum absolute atomic E-state index is 0.0464. The van der Waals surface area contributed by atoms with Gasteiger partial charge in [0.1, 0.15) is 60.4 Å². The Bertz CT molecular complexity index is 2260. The van der Waals surface area contributed by atoms with Gasteiger partial charge in [-0.2, -0.15) is 0 Å². The first kappa shape index (κ1) is 72.2. The molecule has 0 aromatic heterocycles. The number of aliphatic hydroxyl groups excluding tert-OH is 4. The Labute approximate surface area is 483 Å². The predicted octanol–water partition coefficient (Wildman–Crippen LogP) is -7.12. The number of nitrogens with one attached hydrogen (secondary N) is 11. The number of aliphatic hydroxyl groups is 4. The van der Waals surface area contributed by atoms with Crippen LogP contribution in [0.15, 0.2) is 30.3 Å². The van der Waals surface area contributed by atoms with E-state index in [2.05, 4.69) is 65.4 Å². The number of carbonyl (C=O) groups excluding carboxylic acids is 11. The van der Waals surface area contributed by atoms with Gasteiger partial charge in [0, 0.05) is 19.4 Å². The molecular formula is C53H91N15O15. The van der Waals surface area contributed by atoms with Crippen molar-refractivity contribution < 1.29 is 73.2 Å². The molecule has 83 heavy (non-hydrogen) atoms. The van der Waals surface area contributed by atoms with Crippen LogP contribution in [0.4, 0.5) is 0 Å². The van der Waals surface area contributed by atoms with Crippen LogP contribution in [0, 0.1) is 0 Å². The van der Waals surface area contributed by atoms with Crippen LogP contribution in [0.3, 0.4) is 0 Å². The average molecular weight is 1180 g/mol. The van der Waals surface area contributed by atoms with Gasteiger partial charge in [0.2, 0.25) is 65.0 Å². The van der Waals surface area contributed by atoms with Gasteiger partial charge in [0.05, 0.1) is 24.9 Å². The lowest BCUT2D eigenvalue weighted by atomic mass is 10.0. The molecule has 1 heterocycles. The van der Waals surface area contributed by atoms with Gasteiger partial charge in [-0.1, -0.05) is 69.4 Å². The summed E-state index contributed by atoms with van der Waals surface area (Å²) in [6.07, 6.45) is -0.821. The molecule has 0 saturated carbocycles. The van der Waals surface area contributed by atoms with Crippen molar-refractivity contribution in [3.8, 4) is 0 Å². The number of nitrogens with two attached hydrogens (primary N) is 4. The van der Waals surface area contributed by atoms with Gasteiger partial charge in [0.15, 0.2) is 0 Å². The Morgan fingerprint density at radius 1 is 0.566 bits per heavy atom. The maximum atomic E-state index is 14.4. The first-order valence-corrected chi connectivity index (χ1v) is 28.3. The molecule has 2 rings (SSSR count). The van der Waals surface area contributed by atoms with Gasteiger partial charge >= 0.3 is 0 Å². The van der Waals surface area contributed by atoms with Crippen LogP contribution < -0.4 is 81.4 Å². The van der Waals surface area contributed by atoms with E-state index in [0.717, 1.165) is 46.0 Å². The highest BCUT2D eigenvalue weighted by Crippen LogP contribution is 2.11. The van der Waals surface area contributed by atoms with Crippen molar-refractivity contribution in [2.24, 2.45) is 22.9 Å². The molecule has 11 amide bonds. The largest absolute Gasteiger partial charge is 0.394 e. The number of carbonyl (C=O) groups is 11. The van der Waals surface area contributed by atoms with E-state index in [1.807, 2.05) is 0 Å². The average Bonchev–Trinajstić information content (AvgIpc) is 3.59. The SMILES string of the molecule is CCCCCCCCC(=O)N[C@@H](CCN)C(=O)N[C@H](C(=O)N[C@H](CO)C(=O)N[C@H]1CCNC(=O)[C@H]([C@@H](C)O)NC(=O)[C@H](CCN)NC(=O)[C@H](CCN)NC(=O)[C@H]([C@@H](C)O)NC(=O)[C@@H](Cc2ccccc2)NC(=O)[C@H](CCN)NC1=O)[C@@H](C)O. The zero-order chi connectivity index (χ0) is 62.2. The van der Waals surface area contributed by atoms with Gasteiger partial charge in [-0.15, -0.1) is 0 Å². The Hall–Kier alpha value is -6.93. The summed E-state index contributed by atoms with van der Waals surface area (Å²) in [6, 6.07) is -7.99. The molecule has 30 heteroatoms. The number of benzene rings is 1. The van der Waals surface area contributed by atoms with Crippen LogP contribution in [0.1, 0.15) is 110 Å². The summed E-state index contributed by atoms with van der Waals surface area (Å²) in [6.45, 7) is 3.23. The van der Waals surface area contributed by atoms with Gasteiger partial charge < -0.3 is 102 Å². The van der Waals surface area contributed by atoms with E-state index >= 15 is 0 Å².